The van der Waals surface area contributed by atoms with Gasteiger partial charge in [-0.3, -0.25) is 4.79 Å². The molecule has 0 aromatic carbocycles. The first-order valence-corrected chi connectivity index (χ1v) is 6.84. The minimum atomic E-state index is -0.486. The number of ether oxygens (including phenoxy) is 1. The Morgan fingerprint density at radius 2 is 2.00 bits per heavy atom. The van der Waals surface area contributed by atoms with E-state index in [4.69, 9.17) is 10.00 Å². The molecular formula is C14H22N2O2. The van der Waals surface area contributed by atoms with Gasteiger partial charge in [0, 0.05) is 26.3 Å². The van der Waals surface area contributed by atoms with E-state index in [0.29, 0.717) is 0 Å². The van der Waals surface area contributed by atoms with Crippen LogP contribution in [-0.2, 0) is 9.53 Å². The Hall–Kier alpha value is -1.08. The summed E-state index contributed by atoms with van der Waals surface area (Å²) in [6, 6.07) is 2.15. The molecule has 4 nitrogen and oxygen atoms in total. The van der Waals surface area contributed by atoms with Crippen molar-refractivity contribution in [2.24, 2.45) is 17.3 Å². The summed E-state index contributed by atoms with van der Waals surface area (Å²) >= 11 is 0. The molecule has 2 heterocycles. The fourth-order valence-corrected chi connectivity index (χ4v) is 3.02. The van der Waals surface area contributed by atoms with E-state index in [0.717, 1.165) is 45.6 Å². The van der Waals surface area contributed by atoms with E-state index in [9.17, 15) is 4.79 Å². The van der Waals surface area contributed by atoms with Gasteiger partial charge < -0.3 is 9.64 Å². The summed E-state index contributed by atoms with van der Waals surface area (Å²) in [4.78, 5) is 14.2. The van der Waals surface area contributed by atoms with Crippen LogP contribution in [0.15, 0.2) is 0 Å². The molecule has 1 amide bonds. The van der Waals surface area contributed by atoms with Gasteiger partial charge in [0.05, 0.1) is 6.07 Å². The van der Waals surface area contributed by atoms with Crippen molar-refractivity contribution in [2.75, 3.05) is 26.3 Å². The average molecular weight is 250 g/mol. The van der Waals surface area contributed by atoms with Crippen LogP contribution >= 0.6 is 0 Å². The van der Waals surface area contributed by atoms with Crippen molar-refractivity contribution in [3.63, 3.8) is 0 Å². The van der Waals surface area contributed by atoms with Crippen LogP contribution < -0.4 is 0 Å². The Morgan fingerprint density at radius 3 is 2.56 bits per heavy atom. The molecule has 1 atom stereocenters. The second-order valence-electron chi connectivity index (χ2n) is 5.97. The number of amides is 1. The Labute approximate surface area is 109 Å². The molecular weight excluding hydrogens is 228 g/mol. The first-order valence-electron chi connectivity index (χ1n) is 6.84. The highest BCUT2D eigenvalue weighted by molar-refractivity contribution is 5.81. The summed E-state index contributed by atoms with van der Waals surface area (Å²) in [7, 11) is 0. The fourth-order valence-electron chi connectivity index (χ4n) is 3.02. The molecule has 4 heteroatoms. The molecule has 2 rings (SSSR count). The molecule has 0 aromatic heterocycles. The minimum Gasteiger partial charge on any atom is -0.381 e. The first-order chi connectivity index (χ1) is 8.58. The Kier molecular flexibility index (Phi) is 3.91. The summed E-state index contributed by atoms with van der Waals surface area (Å²) in [6.45, 7) is 7.13. The van der Waals surface area contributed by atoms with Gasteiger partial charge in [0.15, 0.2) is 0 Å². The second-order valence-corrected chi connectivity index (χ2v) is 5.97. The molecule has 0 aromatic rings. The maximum absolute atomic E-state index is 12.3. The summed E-state index contributed by atoms with van der Waals surface area (Å²) < 4.78 is 5.40. The van der Waals surface area contributed by atoms with Crippen LogP contribution in [0.3, 0.4) is 0 Å². The molecule has 0 N–H and O–H groups in total. The molecule has 0 bridgehead atoms. The number of hydrogen-bond donors (Lipinski definition) is 0. The predicted octanol–water partition coefficient (Wildman–Crippen LogP) is 1.81. The Balaban J connectivity index is 2.00. The zero-order chi connectivity index (χ0) is 13.2. The number of nitrogens with zero attached hydrogens (tertiary/aromatic N) is 2. The van der Waals surface area contributed by atoms with Crippen LogP contribution in [0, 0.1) is 28.6 Å². The molecule has 2 aliphatic rings. The van der Waals surface area contributed by atoms with E-state index < -0.39 is 5.92 Å². The maximum atomic E-state index is 12.3. The third kappa shape index (κ3) is 2.51. The van der Waals surface area contributed by atoms with E-state index in [-0.39, 0.29) is 17.2 Å². The molecule has 1 spiro atoms. The standard InChI is InChI=1S/C14H22N2O2/c1-11(2)12(9-15)13(17)16-6-3-14(10-16)4-7-18-8-5-14/h11-12H,3-8,10H2,1-2H3. The molecule has 0 aliphatic carbocycles. The van der Waals surface area contributed by atoms with Gasteiger partial charge in [-0.2, -0.15) is 5.26 Å². The van der Waals surface area contributed by atoms with Crippen LogP contribution in [0.5, 0.6) is 0 Å². The molecule has 18 heavy (non-hydrogen) atoms. The van der Waals surface area contributed by atoms with Gasteiger partial charge in [-0.1, -0.05) is 13.8 Å². The SMILES string of the molecule is CC(C)C(C#N)C(=O)N1CCC2(CCOCC2)C1. The number of rotatable bonds is 2. The number of nitriles is 1. The maximum Gasteiger partial charge on any atom is 0.240 e. The van der Waals surface area contributed by atoms with Gasteiger partial charge in [0.1, 0.15) is 5.92 Å². The highest BCUT2D eigenvalue weighted by atomic mass is 16.5. The lowest BCUT2D eigenvalue weighted by molar-refractivity contribution is -0.134. The smallest absolute Gasteiger partial charge is 0.240 e. The summed E-state index contributed by atoms with van der Waals surface area (Å²) in [5, 5.41) is 9.11. The van der Waals surface area contributed by atoms with Crippen LogP contribution in [-0.4, -0.2) is 37.1 Å². The van der Waals surface area contributed by atoms with Gasteiger partial charge in [-0.05, 0) is 30.6 Å². The van der Waals surface area contributed by atoms with Crippen LogP contribution in [0.1, 0.15) is 33.1 Å². The van der Waals surface area contributed by atoms with Crippen LogP contribution in [0.25, 0.3) is 0 Å². The predicted molar refractivity (Wildman–Crippen MR) is 67.6 cm³/mol. The molecule has 2 saturated heterocycles. The lowest BCUT2D eigenvalue weighted by Gasteiger charge is -2.33. The molecule has 0 radical (unpaired) electrons. The van der Waals surface area contributed by atoms with Gasteiger partial charge in [-0.25, -0.2) is 0 Å². The second kappa shape index (κ2) is 5.27. The first kappa shape index (κ1) is 13.4. The average Bonchev–Trinajstić information content (AvgIpc) is 2.74. The van der Waals surface area contributed by atoms with E-state index >= 15 is 0 Å². The van der Waals surface area contributed by atoms with Crippen molar-refractivity contribution in [1.29, 1.82) is 5.26 Å². The normalized spacial score (nSPS) is 24.2. The van der Waals surface area contributed by atoms with E-state index in [1.165, 1.54) is 0 Å². The third-order valence-corrected chi connectivity index (χ3v) is 4.38. The largest absolute Gasteiger partial charge is 0.381 e. The molecule has 2 fully saturated rings. The van der Waals surface area contributed by atoms with Gasteiger partial charge in [0.25, 0.3) is 0 Å². The van der Waals surface area contributed by atoms with E-state index in [2.05, 4.69) is 6.07 Å². The fraction of sp³-hybridized carbons (Fsp3) is 0.857. The van der Waals surface area contributed by atoms with Crippen molar-refractivity contribution in [2.45, 2.75) is 33.1 Å². The van der Waals surface area contributed by atoms with Crippen molar-refractivity contribution >= 4 is 5.91 Å². The Bertz CT molecular complexity index is 353. The number of likely N-dealkylation sites (tertiary alicyclic amines) is 1. The van der Waals surface area contributed by atoms with Gasteiger partial charge in [0.2, 0.25) is 5.91 Å². The lowest BCUT2D eigenvalue weighted by Crippen LogP contribution is -2.39. The van der Waals surface area contributed by atoms with Crippen molar-refractivity contribution in [3.05, 3.63) is 0 Å². The van der Waals surface area contributed by atoms with Crippen LogP contribution in [0.2, 0.25) is 0 Å². The summed E-state index contributed by atoms with van der Waals surface area (Å²) in [5.74, 6) is -0.371. The molecule has 0 saturated carbocycles. The molecule has 2 aliphatic heterocycles. The number of hydrogen-bond acceptors (Lipinski definition) is 3. The molecule has 100 valence electrons. The van der Waals surface area contributed by atoms with Gasteiger partial charge in [-0.15, -0.1) is 0 Å². The minimum absolute atomic E-state index is 0.0240. The lowest BCUT2D eigenvalue weighted by atomic mass is 9.79. The van der Waals surface area contributed by atoms with E-state index in [1.807, 2.05) is 18.7 Å². The van der Waals surface area contributed by atoms with Crippen molar-refractivity contribution in [3.8, 4) is 6.07 Å². The van der Waals surface area contributed by atoms with Crippen molar-refractivity contribution < 1.29 is 9.53 Å². The number of carbonyl (C=O) groups excluding carboxylic acids is 1. The zero-order valence-electron chi connectivity index (χ0n) is 11.3. The monoisotopic (exact) mass is 250 g/mol. The quantitative estimate of drug-likeness (QED) is 0.751. The summed E-state index contributed by atoms with van der Waals surface area (Å²) in [6.07, 6.45) is 3.17. The Morgan fingerprint density at radius 1 is 1.33 bits per heavy atom. The van der Waals surface area contributed by atoms with Gasteiger partial charge >= 0.3 is 0 Å². The van der Waals surface area contributed by atoms with Crippen molar-refractivity contribution in [1.82, 2.24) is 4.90 Å². The third-order valence-electron chi connectivity index (χ3n) is 4.38. The zero-order valence-corrected chi connectivity index (χ0v) is 11.3. The highest BCUT2D eigenvalue weighted by Gasteiger charge is 2.42. The van der Waals surface area contributed by atoms with E-state index in [1.54, 1.807) is 0 Å². The summed E-state index contributed by atoms with van der Waals surface area (Å²) in [5.41, 5.74) is 0.269. The number of carbonyl (C=O) groups is 1. The highest BCUT2D eigenvalue weighted by Crippen LogP contribution is 2.40. The topological polar surface area (TPSA) is 53.3 Å². The molecule has 1 unspecified atom stereocenters. The van der Waals surface area contributed by atoms with Crippen LogP contribution in [0.4, 0.5) is 0 Å².